The fourth-order valence-electron chi connectivity index (χ4n) is 3.08. The number of rotatable bonds is 4. The van der Waals surface area contributed by atoms with Crippen LogP contribution in [0, 0.1) is 0 Å². The number of hydrogen-bond donors (Lipinski definition) is 1. The van der Waals surface area contributed by atoms with E-state index >= 15 is 0 Å². The number of hydrogen-bond acceptors (Lipinski definition) is 4. The fourth-order valence-corrected chi connectivity index (χ4v) is 4.28. The van der Waals surface area contributed by atoms with Crippen molar-refractivity contribution >= 4 is 11.8 Å². The second-order valence-electron chi connectivity index (χ2n) is 5.88. The highest BCUT2D eigenvalue weighted by molar-refractivity contribution is 7.99. The topological polar surface area (TPSA) is 42.4 Å². The molecule has 1 saturated heterocycles. The molecule has 3 rings (SSSR count). The molecule has 1 aliphatic heterocycles. The van der Waals surface area contributed by atoms with E-state index in [0.29, 0.717) is 6.04 Å². The van der Waals surface area contributed by atoms with Crippen LogP contribution >= 0.6 is 11.8 Å². The van der Waals surface area contributed by atoms with Gasteiger partial charge in [0.2, 0.25) is 0 Å². The van der Waals surface area contributed by atoms with Crippen LogP contribution in [0.15, 0.2) is 21.6 Å². The molecule has 1 aliphatic carbocycles. The molecule has 2 fully saturated rings. The Kier molecular flexibility index (Phi) is 4.51. The maximum Gasteiger partial charge on any atom is 0.160 e. The minimum atomic E-state index is 0.353. The first-order valence-corrected chi connectivity index (χ1v) is 8.41. The van der Waals surface area contributed by atoms with Gasteiger partial charge in [-0.2, -0.15) is 0 Å². The highest BCUT2D eigenvalue weighted by Gasteiger charge is 2.21. The van der Waals surface area contributed by atoms with Crippen molar-refractivity contribution in [1.29, 1.82) is 0 Å². The van der Waals surface area contributed by atoms with E-state index in [-0.39, 0.29) is 0 Å². The summed E-state index contributed by atoms with van der Waals surface area (Å²) in [6.45, 7) is 3.03. The van der Waals surface area contributed by atoms with Crippen LogP contribution < -0.4 is 5.73 Å². The third-order valence-corrected chi connectivity index (χ3v) is 5.42. The van der Waals surface area contributed by atoms with Gasteiger partial charge in [-0.05, 0) is 31.4 Å². The zero-order chi connectivity index (χ0) is 13.1. The molecule has 2 N–H and O–H groups in total. The summed E-state index contributed by atoms with van der Waals surface area (Å²) >= 11 is 1.93. The average Bonchev–Trinajstić information content (AvgIpc) is 3.01. The van der Waals surface area contributed by atoms with E-state index in [0.717, 1.165) is 42.2 Å². The van der Waals surface area contributed by atoms with Gasteiger partial charge in [-0.25, -0.2) is 0 Å². The largest absolute Gasteiger partial charge is 0.454 e. The molecule has 3 nitrogen and oxygen atoms in total. The van der Waals surface area contributed by atoms with Gasteiger partial charge in [-0.1, -0.05) is 31.0 Å². The van der Waals surface area contributed by atoms with Crippen molar-refractivity contribution in [1.82, 2.24) is 4.90 Å². The van der Waals surface area contributed by atoms with Crippen molar-refractivity contribution in [2.24, 2.45) is 5.73 Å². The van der Waals surface area contributed by atoms with Crippen LogP contribution in [-0.2, 0) is 6.54 Å². The number of thioether (sulfide) groups is 1. The van der Waals surface area contributed by atoms with E-state index in [1.54, 1.807) is 0 Å². The Bertz CT molecular complexity index is 379. The standard InChI is InChI=1S/C15H24N2OS/c16-12-8-9-17(10-12)11-13-6-7-15(18-13)19-14-4-2-1-3-5-14/h6-7,12,14H,1-5,8-11,16H2/t12-/m1/s1. The van der Waals surface area contributed by atoms with Gasteiger partial charge in [0.1, 0.15) is 5.76 Å². The summed E-state index contributed by atoms with van der Waals surface area (Å²) in [5, 5.41) is 1.87. The van der Waals surface area contributed by atoms with Gasteiger partial charge < -0.3 is 10.2 Å². The Morgan fingerprint density at radius 1 is 1.21 bits per heavy atom. The maximum atomic E-state index is 5.96. The average molecular weight is 280 g/mol. The van der Waals surface area contributed by atoms with E-state index in [1.807, 2.05) is 11.8 Å². The Hall–Kier alpha value is -0.450. The number of nitrogens with two attached hydrogens (primary N) is 1. The molecule has 1 saturated carbocycles. The van der Waals surface area contributed by atoms with Gasteiger partial charge in [0.05, 0.1) is 6.54 Å². The zero-order valence-electron chi connectivity index (χ0n) is 11.5. The predicted molar refractivity (Wildman–Crippen MR) is 79.3 cm³/mol. The van der Waals surface area contributed by atoms with Gasteiger partial charge >= 0.3 is 0 Å². The molecule has 2 heterocycles. The van der Waals surface area contributed by atoms with E-state index in [1.165, 1.54) is 32.1 Å². The van der Waals surface area contributed by atoms with Crippen molar-refractivity contribution < 1.29 is 4.42 Å². The molecule has 0 bridgehead atoms. The summed E-state index contributed by atoms with van der Waals surface area (Å²) in [7, 11) is 0. The molecular weight excluding hydrogens is 256 g/mol. The lowest BCUT2D eigenvalue weighted by Gasteiger charge is -2.19. The van der Waals surface area contributed by atoms with Crippen molar-refractivity contribution in [2.75, 3.05) is 13.1 Å². The van der Waals surface area contributed by atoms with Crippen molar-refractivity contribution in [3.05, 3.63) is 17.9 Å². The normalized spacial score (nSPS) is 26.1. The molecule has 1 aromatic rings. The van der Waals surface area contributed by atoms with Gasteiger partial charge in [0.25, 0.3) is 0 Å². The smallest absolute Gasteiger partial charge is 0.160 e. The van der Waals surface area contributed by atoms with Crippen molar-refractivity contribution in [3.8, 4) is 0 Å². The fraction of sp³-hybridized carbons (Fsp3) is 0.733. The van der Waals surface area contributed by atoms with E-state index in [2.05, 4.69) is 17.0 Å². The highest BCUT2D eigenvalue weighted by Crippen LogP contribution is 2.34. The third-order valence-electron chi connectivity index (χ3n) is 4.16. The molecule has 0 aromatic carbocycles. The Balaban J connectivity index is 1.51. The van der Waals surface area contributed by atoms with Crippen LogP contribution in [0.25, 0.3) is 0 Å². The van der Waals surface area contributed by atoms with E-state index < -0.39 is 0 Å². The van der Waals surface area contributed by atoms with Crippen LogP contribution in [0.4, 0.5) is 0 Å². The molecule has 1 aromatic heterocycles. The third kappa shape index (κ3) is 3.77. The molecule has 0 unspecified atom stereocenters. The van der Waals surface area contributed by atoms with Gasteiger partial charge in [0.15, 0.2) is 5.09 Å². The first kappa shape index (κ1) is 13.5. The summed E-state index contributed by atoms with van der Waals surface area (Å²) in [5.41, 5.74) is 5.93. The van der Waals surface area contributed by atoms with Gasteiger partial charge in [-0.3, -0.25) is 4.90 Å². The van der Waals surface area contributed by atoms with Gasteiger partial charge in [0, 0.05) is 24.4 Å². The number of likely N-dealkylation sites (tertiary alicyclic amines) is 1. The van der Waals surface area contributed by atoms with E-state index in [4.69, 9.17) is 10.2 Å². The van der Waals surface area contributed by atoms with Crippen LogP contribution in [0.2, 0.25) is 0 Å². The minimum Gasteiger partial charge on any atom is -0.454 e. The quantitative estimate of drug-likeness (QED) is 0.919. The molecule has 0 spiro atoms. The Morgan fingerprint density at radius 2 is 2.05 bits per heavy atom. The first-order valence-electron chi connectivity index (χ1n) is 7.53. The Labute approximate surface area is 119 Å². The van der Waals surface area contributed by atoms with Gasteiger partial charge in [-0.15, -0.1) is 0 Å². The number of furan rings is 1. The SMILES string of the molecule is N[C@@H]1CCN(Cc2ccc(SC3CCCCC3)o2)C1. The molecule has 4 heteroatoms. The maximum absolute atomic E-state index is 5.96. The molecule has 0 amide bonds. The highest BCUT2D eigenvalue weighted by atomic mass is 32.2. The lowest BCUT2D eigenvalue weighted by atomic mass is 10.0. The minimum absolute atomic E-state index is 0.353. The molecule has 1 atom stereocenters. The first-order chi connectivity index (χ1) is 9.29. The molecule has 0 radical (unpaired) electrons. The monoisotopic (exact) mass is 280 g/mol. The van der Waals surface area contributed by atoms with Crippen LogP contribution in [0.5, 0.6) is 0 Å². The lowest BCUT2D eigenvalue weighted by molar-refractivity contribution is 0.282. The molecular formula is C15H24N2OS. The second kappa shape index (κ2) is 6.33. The molecule has 19 heavy (non-hydrogen) atoms. The van der Waals surface area contributed by atoms with Crippen LogP contribution in [0.1, 0.15) is 44.3 Å². The van der Waals surface area contributed by atoms with E-state index in [9.17, 15) is 0 Å². The molecule has 106 valence electrons. The van der Waals surface area contributed by atoms with Crippen molar-refractivity contribution in [2.45, 2.75) is 61.5 Å². The summed E-state index contributed by atoms with van der Waals surface area (Å²) in [6, 6.07) is 4.63. The summed E-state index contributed by atoms with van der Waals surface area (Å²) in [4.78, 5) is 2.39. The van der Waals surface area contributed by atoms with Crippen LogP contribution in [0.3, 0.4) is 0 Å². The van der Waals surface area contributed by atoms with Crippen LogP contribution in [-0.4, -0.2) is 29.3 Å². The Morgan fingerprint density at radius 3 is 2.79 bits per heavy atom. The summed E-state index contributed by atoms with van der Waals surface area (Å²) in [6.07, 6.45) is 8.00. The van der Waals surface area contributed by atoms with Crippen molar-refractivity contribution in [3.63, 3.8) is 0 Å². The number of nitrogens with zero attached hydrogens (tertiary/aromatic N) is 1. The summed E-state index contributed by atoms with van der Waals surface area (Å²) < 4.78 is 5.96. The summed E-state index contributed by atoms with van der Waals surface area (Å²) in [5.74, 6) is 1.09. The lowest BCUT2D eigenvalue weighted by Crippen LogP contribution is -2.26. The zero-order valence-corrected chi connectivity index (χ0v) is 12.3. The predicted octanol–water partition coefficient (Wildman–Crippen LogP) is 3.24. The second-order valence-corrected chi connectivity index (χ2v) is 7.19. The molecule has 2 aliphatic rings.